The minimum absolute atomic E-state index is 0.00497. The number of amides is 2. The second-order valence-electron chi connectivity index (χ2n) is 8.43. The quantitative estimate of drug-likeness (QED) is 0.662. The van der Waals surface area contributed by atoms with Gasteiger partial charge >= 0.3 is 0 Å². The lowest BCUT2D eigenvalue weighted by Crippen LogP contribution is -2.61. The third-order valence-corrected chi connectivity index (χ3v) is 6.83. The summed E-state index contributed by atoms with van der Waals surface area (Å²) in [5, 5.41) is 1.12. The van der Waals surface area contributed by atoms with Gasteiger partial charge in [0, 0.05) is 37.5 Å². The first-order chi connectivity index (χ1) is 15.1. The van der Waals surface area contributed by atoms with Gasteiger partial charge < -0.3 is 24.4 Å². The van der Waals surface area contributed by atoms with E-state index in [-0.39, 0.29) is 18.0 Å². The second kappa shape index (κ2) is 6.85. The summed E-state index contributed by atoms with van der Waals surface area (Å²) < 4.78 is 5.44. The van der Waals surface area contributed by atoms with Crippen LogP contribution in [0, 0.1) is 0 Å². The van der Waals surface area contributed by atoms with Gasteiger partial charge in [0.1, 0.15) is 12.2 Å². The lowest BCUT2D eigenvalue weighted by atomic mass is 9.90. The monoisotopic (exact) mass is 416 g/mol. The molecule has 4 heterocycles. The third-order valence-electron chi connectivity index (χ3n) is 6.83. The maximum Gasteiger partial charge on any atom is 0.258 e. The number of aromatic nitrogens is 1. The summed E-state index contributed by atoms with van der Waals surface area (Å²) in [5.41, 5.74) is 4.69. The maximum atomic E-state index is 13.7. The highest BCUT2D eigenvalue weighted by Crippen LogP contribution is 2.45. The van der Waals surface area contributed by atoms with E-state index in [1.165, 1.54) is 0 Å². The summed E-state index contributed by atoms with van der Waals surface area (Å²) in [5.74, 6) is -0.0834. The Morgan fingerprint density at radius 2 is 1.81 bits per heavy atom. The lowest BCUT2D eigenvalue weighted by molar-refractivity contribution is -0.141. The van der Waals surface area contributed by atoms with E-state index in [1.54, 1.807) is 4.90 Å². The molecule has 31 heavy (non-hydrogen) atoms. The molecule has 3 aliphatic rings. The molecule has 2 aromatic carbocycles. The molecule has 158 valence electrons. The van der Waals surface area contributed by atoms with Gasteiger partial charge in [-0.2, -0.15) is 0 Å². The van der Waals surface area contributed by atoms with Crippen molar-refractivity contribution in [3.05, 3.63) is 65.4 Å². The van der Waals surface area contributed by atoms with Crippen LogP contribution in [0.15, 0.2) is 48.5 Å². The van der Waals surface area contributed by atoms with Crippen molar-refractivity contribution in [2.24, 2.45) is 0 Å². The molecule has 3 aromatic rings. The summed E-state index contributed by atoms with van der Waals surface area (Å²) in [6, 6.07) is 15.3. The van der Waals surface area contributed by atoms with E-state index in [4.69, 9.17) is 4.74 Å². The molecule has 0 saturated carbocycles. The van der Waals surface area contributed by atoms with Crippen LogP contribution < -0.4 is 4.90 Å². The van der Waals surface area contributed by atoms with Crippen molar-refractivity contribution in [2.45, 2.75) is 18.6 Å². The Kier molecular flexibility index (Phi) is 4.08. The van der Waals surface area contributed by atoms with Crippen molar-refractivity contribution in [1.29, 1.82) is 0 Å². The molecule has 2 atom stereocenters. The van der Waals surface area contributed by atoms with Gasteiger partial charge in [0.05, 0.1) is 30.2 Å². The normalized spacial score (nSPS) is 22.9. The van der Waals surface area contributed by atoms with Gasteiger partial charge in [-0.15, -0.1) is 0 Å². The van der Waals surface area contributed by atoms with Crippen LogP contribution in [0.2, 0.25) is 0 Å². The van der Waals surface area contributed by atoms with E-state index in [0.29, 0.717) is 38.3 Å². The fourth-order valence-corrected chi connectivity index (χ4v) is 5.33. The lowest BCUT2D eigenvalue weighted by Gasteiger charge is -2.50. The van der Waals surface area contributed by atoms with Crippen LogP contribution in [0.5, 0.6) is 0 Å². The first-order valence-corrected chi connectivity index (χ1v) is 10.8. The number of anilines is 1. The molecule has 1 N–H and O–H groups in total. The Balaban J connectivity index is 1.54. The summed E-state index contributed by atoms with van der Waals surface area (Å²) >= 11 is 0. The molecule has 0 bridgehead atoms. The number of carbonyl (C=O) groups is 2. The smallest absolute Gasteiger partial charge is 0.258 e. The highest BCUT2D eigenvalue weighted by atomic mass is 16.5. The van der Waals surface area contributed by atoms with Gasteiger partial charge in [-0.05, 0) is 23.8 Å². The molecule has 1 saturated heterocycles. The number of hydrogen-bond acceptors (Lipinski definition) is 4. The van der Waals surface area contributed by atoms with Gasteiger partial charge in [-0.1, -0.05) is 30.3 Å². The summed E-state index contributed by atoms with van der Waals surface area (Å²) in [4.78, 5) is 36.7. The molecule has 7 heteroatoms. The first-order valence-electron chi connectivity index (χ1n) is 10.8. The van der Waals surface area contributed by atoms with Crippen molar-refractivity contribution < 1.29 is 14.3 Å². The van der Waals surface area contributed by atoms with Crippen LogP contribution in [0.4, 0.5) is 5.69 Å². The van der Waals surface area contributed by atoms with Crippen LogP contribution in [-0.4, -0.2) is 66.0 Å². The fraction of sp³-hybridized carbons (Fsp3) is 0.333. The van der Waals surface area contributed by atoms with Crippen molar-refractivity contribution in [1.82, 2.24) is 14.8 Å². The van der Waals surface area contributed by atoms with Crippen LogP contribution in [0.1, 0.15) is 27.8 Å². The average molecular weight is 416 g/mol. The molecule has 0 radical (unpaired) electrons. The van der Waals surface area contributed by atoms with Crippen LogP contribution >= 0.6 is 0 Å². The number of rotatable bonds is 1. The highest BCUT2D eigenvalue weighted by molar-refractivity contribution is 6.05. The molecule has 7 nitrogen and oxygen atoms in total. The summed E-state index contributed by atoms with van der Waals surface area (Å²) in [6.45, 7) is 2.21. The number of ether oxygens (including phenoxy) is 1. The zero-order chi connectivity index (χ0) is 21.1. The predicted molar refractivity (Wildman–Crippen MR) is 117 cm³/mol. The number of hydrogen-bond donors (Lipinski definition) is 1. The van der Waals surface area contributed by atoms with E-state index in [0.717, 1.165) is 27.8 Å². The number of aromatic amines is 1. The topological polar surface area (TPSA) is 68.9 Å². The summed E-state index contributed by atoms with van der Waals surface area (Å²) in [6.07, 6.45) is 0.155. The van der Waals surface area contributed by atoms with Crippen molar-refractivity contribution in [3.8, 4) is 0 Å². The van der Waals surface area contributed by atoms with Gasteiger partial charge in [0.2, 0.25) is 5.91 Å². The van der Waals surface area contributed by atoms with Gasteiger partial charge in [0.15, 0.2) is 0 Å². The van der Waals surface area contributed by atoms with E-state index in [9.17, 15) is 9.59 Å². The largest absolute Gasteiger partial charge is 0.378 e. The number of carbonyl (C=O) groups excluding carboxylic acids is 2. The van der Waals surface area contributed by atoms with Crippen molar-refractivity contribution in [2.75, 3.05) is 38.3 Å². The molecule has 1 aromatic heterocycles. The van der Waals surface area contributed by atoms with Crippen LogP contribution in [0.25, 0.3) is 10.9 Å². The molecule has 1 fully saturated rings. The Labute approximate surface area is 180 Å². The number of morpholine rings is 1. The number of para-hydroxylation sites is 2. The number of nitrogens with one attached hydrogen (secondary N) is 1. The molecule has 2 amide bonds. The Hall–Kier alpha value is -3.32. The molecule has 0 spiro atoms. The Morgan fingerprint density at radius 3 is 2.65 bits per heavy atom. The van der Waals surface area contributed by atoms with Crippen molar-refractivity contribution in [3.63, 3.8) is 0 Å². The van der Waals surface area contributed by atoms with E-state index in [1.807, 2.05) is 48.3 Å². The molecular formula is C24H24N4O3. The predicted octanol–water partition coefficient (Wildman–Crippen LogP) is 2.54. The van der Waals surface area contributed by atoms with Gasteiger partial charge in [0.25, 0.3) is 5.91 Å². The van der Waals surface area contributed by atoms with E-state index >= 15 is 0 Å². The van der Waals surface area contributed by atoms with Gasteiger partial charge in [-0.3, -0.25) is 9.59 Å². The third kappa shape index (κ3) is 2.63. The Bertz CT molecular complexity index is 1200. The molecule has 0 unspecified atom stereocenters. The molecule has 0 aliphatic carbocycles. The maximum absolute atomic E-state index is 13.7. The Morgan fingerprint density at radius 1 is 1.06 bits per heavy atom. The summed E-state index contributed by atoms with van der Waals surface area (Å²) in [7, 11) is 2.00. The average Bonchev–Trinajstić information content (AvgIpc) is 3.20. The highest BCUT2D eigenvalue weighted by Gasteiger charge is 2.49. The first kappa shape index (κ1) is 18.4. The molecule has 6 rings (SSSR count). The SMILES string of the molecule is CN1c2ccccc2C(=O)N2[C@H](C(=O)N3CCOCC3)Cc3c([nH]c4ccccc34)[C@@H]12. The standard InChI is InChI=1S/C24H24N4O3/c1-26-19-9-5-3-7-16(19)23(29)28-20(24(30)27-10-12-31-13-11-27)14-17-15-6-2-4-8-18(15)25-21(17)22(26)28/h2-9,20,22,25H,10-14H2,1H3/t20-,22-/m0/s1. The zero-order valence-corrected chi connectivity index (χ0v) is 17.4. The fourth-order valence-electron chi connectivity index (χ4n) is 5.33. The number of fused-ring (bicyclic) bond motifs is 6. The van der Waals surface area contributed by atoms with Crippen LogP contribution in [0.3, 0.4) is 0 Å². The zero-order valence-electron chi connectivity index (χ0n) is 17.4. The van der Waals surface area contributed by atoms with E-state index < -0.39 is 6.04 Å². The van der Waals surface area contributed by atoms with E-state index in [2.05, 4.69) is 22.0 Å². The molecular weight excluding hydrogens is 392 g/mol. The second-order valence-corrected chi connectivity index (χ2v) is 8.43. The van der Waals surface area contributed by atoms with Crippen molar-refractivity contribution >= 4 is 28.4 Å². The minimum Gasteiger partial charge on any atom is -0.378 e. The molecule has 3 aliphatic heterocycles. The van der Waals surface area contributed by atoms with Crippen LogP contribution in [-0.2, 0) is 16.0 Å². The minimum atomic E-state index is -0.543. The number of nitrogens with zero attached hydrogens (tertiary/aromatic N) is 3. The number of benzene rings is 2. The van der Waals surface area contributed by atoms with Gasteiger partial charge in [-0.25, -0.2) is 0 Å². The number of H-pyrrole nitrogens is 1.